The van der Waals surface area contributed by atoms with Gasteiger partial charge in [-0.3, -0.25) is 4.90 Å². The molecule has 4 rings (SSSR count). The predicted molar refractivity (Wildman–Crippen MR) is 95.2 cm³/mol. The van der Waals surface area contributed by atoms with Gasteiger partial charge in [0.2, 0.25) is 0 Å². The quantitative estimate of drug-likeness (QED) is 0.926. The topological polar surface area (TPSA) is 41.3 Å². The maximum atomic E-state index is 13.2. The van der Waals surface area contributed by atoms with Crippen molar-refractivity contribution in [3.63, 3.8) is 0 Å². The molecule has 2 bridgehead atoms. The third-order valence-corrected chi connectivity index (χ3v) is 5.86. The van der Waals surface area contributed by atoms with Crippen LogP contribution in [-0.2, 0) is 12.1 Å². The molecule has 1 unspecified atom stereocenters. The van der Waals surface area contributed by atoms with E-state index in [4.69, 9.17) is 0 Å². The molecule has 0 amide bonds. The number of rotatable bonds is 4. The van der Waals surface area contributed by atoms with Crippen LogP contribution in [0.4, 0.5) is 4.39 Å². The molecule has 25 heavy (non-hydrogen) atoms. The van der Waals surface area contributed by atoms with Crippen molar-refractivity contribution < 1.29 is 9.50 Å². The van der Waals surface area contributed by atoms with Gasteiger partial charge in [0.15, 0.2) is 0 Å². The van der Waals surface area contributed by atoms with Crippen molar-refractivity contribution in [1.82, 2.24) is 14.7 Å². The Kier molecular flexibility index (Phi) is 4.01. The van der Waals surface area contributed by atoms with E-state index in [0.717, 1.165) is 30.6 Å². The molecule has 1 aromatic carbocycles. The fraction of sp³-hybridized carbons (Fsp3) is 0.450. The Morgan fingerprint density at radius 3 is 2.48 bits per heavy atom. The number of hydrogen-bond donors (Lipinski definition) is 1. The van der Waals surface area contributed by atoms with Crippen molar-refractivity contribution in [2.45, 2.75) is 56.8 Å². The van der Waals surface area contributed by atoms with E-state index in [-0.39, 0.29) is 5.82 Å². The van der Waals surface area contributed by atoms with Gasteiger partial charge in [0, 0.05) is 36.6 Å². The first-order valence-electron chi connectivity index (χ1n) is 8.90. The number of hydrogen-bond acceptors (Lipinski definition) is 3. The van der Waals surface area contributed by atoms with Crippen molar-refractivity contribution >= 4 is 6.20 Å². The van der Waals surface area contributed by atoms with Crippen LogP contribution in [-0.4, -0.2) is 31.9 Å². The van der Waals surface area contributed by atoms with Gasteiger partial charge < -0.3 is 5.11 Å². The standard InChI is InChI=1S/C20H24FN3O/c1-3-23-12-15(14(2)22-23)13-24-18-8-9-19(24)11-20(25,10-18)16-4-6-17(21)7-5-16/h3-7,12,18-19,25H,1,8-11,13H2,2H3/t18-,19+,20?. The molecule has 1 aromatic heterocycles. The SMILES string of the molecule is C=Cn1cc(CN2[C@@H]3CC[C@H]2CC(O)(c2ccc(F)cc2)C3)c(C)n1. The number of aryl methyl sites for hydroxylation is 1. The van der Waals surface area contributed by atoms with E-state index in [1.165, 1.54) is 17.7 Å². The van der Waals surface area contributed by atoms with Crippen LogP contribution in [0.1, 0.15) is 42.5 Å². The Labute approximate surface area is 147 Å². The van der Waals surface area contributed by atoms with E-state index in [0.29, 0.717) is 24.9 Å². The van der Waals surface area contributed by atoms with Crippen LogP contribution in [0.5, 0.6) is 0 Å². The lowest BCUT2D eigenvalue weighted by Gasteiger charge is -2.44. The Morgan fingerprint density at radius 2 is 1.92 bits per heavy atom. The van der Waals surface area contributed by atoms with Crippen LogP contribution in [0.2, 0.25) is 0 Å². The Bertz CT molecular complexity index is 769. The van der Waals surface area contributed by atoms with Crippen LogP contribution < -0.4 is 0 Å². The molecule has 0 radical (unpaired) electrons. The summed E-state index contributed by atoms with van der Waals surface area (Å²) in [5.74, 6) is -0.262. The molecule has 2 aliphatic rings. The molecule has 2 aromatic rings. The van der Waals surface area contributed by atoms with Gasteiger partial charge in [0.25, 0.3) is 0 Å². The molecule has 4 nitrogen and oxygen atoms in total. The van der Waals surface area contributed by atoms with Crippen LogP contribution in [0.15, 0.2) is 37.0 Å². The number of piperidine rings is 1. The van der Waals surface area contributed by atoms with Gasteiger partial charge in [-0.1, -0.05) is 18.7 Å². The molecule has 132 valence electrons. The van der Waals surface area contributed by atoms with E-state index < -0.39 is 5.60 Å². The second-order valence-corrected chi connectivity index (χ2v) is 7.41. The molecule has 1 N–H and O–H groups in total. The first-order chi connectivity index (χ1) is 12.0. The highest BCUT2D eigenvalue weighted by Crippen LogP contribution is 2.46. The smallest absolute Gasteiger partial charge is 0.123 e. The summed E-state index contributed by atoms with van der Waals surface area (Å²) < 4.78 is 15.0. The average molecular weight is 341 g/mol. The summed E-state index contributed by atoms with van der Waals surface area (Å²) >= 11 is 0. The lowest BCUT2D eigenvalue weighted by Crippen LogP contribution is -2.49. The number of fused-ring (bicyclic) bond motifs is 2. The zero-order valence-electron chi connectivity index (χ0n) is 14.5. The fourth-order valence-corrected chi connectivity index (χ4v) is 4.53. The van der Waals surface area contributed by atoms with Gasteiger partial charge >= 0.3 is 0 Å². The zero-order valence-corrected chi connectivity index (χ0v) is 14.5. The molecular formula is C20H24FN3O. The second kappa shape index (κ2) is 6.07. The van der Waals surface area contributed by atoms with Crippen LogP contribution >= 0.6 is 0 Å². The van der Waals surface area contributed by atoms with Crippen molar-refractivity contribution in [2.75, 3.05) is 0 Å². The summed E-state index contributed by atoms with van der Waals surface area (Å²) in [7, 11) is 0. The van der Waals surface area contributed by atoms with Crippen LogP contribution in [0.3, 0.4) is 0 Å². The van der Waals surface area contributed by atoms with Crippen molar-refractivity contribution in [3.8, 4) is 0 Å². The molecule has 0 aliphatic carbocycles. The zero-order chi connectivity index (χ0) is 17.6. The average Bonchev–Trinajstić information content (AvgIpc) is 3.06. The Morgan fingerprint density at radius 1 is 1.28 bits per heavy atom. The molecule has 2 fully saturated rings. The largest absolute Gasteiger partial charge is 0.385 e. The molecule has 0 spiro atoms. The van der Waals surface area contributed by atoms with E-state index in [9.17, 15) is 9.50 Å². The van der Waals surface area contributed by atoms with Gasteiger partial charge in [0.05, 0.1) is 11.3 Å². The van der Waals surface area contributed by atoms with E-state index in [1.54, 1.807) is 23.0 Å². The lowest BCUT2D eigenvalue weighted by atomic mass is 9.80. The molecule has 5 heteroatoms. The van der Waals surface area contributed by atoms with Crippen LogP contribution in [0.25, 0.3) is 6.20 Å². The first kappa shape index (κ1) is 16.5. The van der Waals surface area contributed by atoms with E-state index in [1.807, 2.05) is 13.1 Å². The summed E-state index contributed by atoms with van der Waals surface area (Å²) in [6, 6.07) is 7.02. The lowest BCUT2D eigenvalue weighted by molar-refractivity contribution is -0.0595. The van der Waals surface area contributed by atoms with Crippen molar-refractivity contribution in [3.05, 3.63) is 59.7 Å². The summed E-state index contributed by atoms with van der Waals surface area (Å²) in [6.07, 6.45) is 7.33. The first-order valence-corrected chi connectivity index (χ1v) is 8.90. The number of nitrogens with zero attached hydrogens (tertiary/aromatic N) is 3. The minimum absolute atomic E-state index is 0.262. The third kappa shape index (κ3) is 2.92. The third-order valence-electron chi connectivity index (χ3n) is 5.86. The van der Waals surface area contributed by atoms with Gasteiger partial charge in [0.1, 0.15) is 5.82 Å². The summed E-state index contributed by atoms with van der Waals surface area (Å²) in [6.45, 7) is 6.64. The minimum Gasteiger partial charge on any atom is -0.385 e. The molecule has 2 aliphatic heterocycles. The molecule has 3 atom stereocenters. The number of halogens is 1. The molecule has 0 saturated carbocycles. The van der Waals surface area contributed by atoms with Crippen molar-refractivity contribution in [2.24, 2.45) is 0 Å². The fourth-order valence-electron chi connectivity index (χ4n) is 4.53. The second-order valence-electron chi connectivity index (χ2n) is 7.41. The number of aromatic nitrogens is 2. The van der Waals surface area contributed by atoms with Gasteiger partial charge in [-0.25, -0.2) is 9.07 Å². The monoisotopic (exact) mass is 341 g/mol. The number of aliphatic hydroxyl groups is 1. The molecule has 2 saturated heterocycles. The van der Waals surface area contributed by atoms with E-state index >= 15 is 0 Å². The highest BCUT2D eigenvalue weighted by atomic mass is 19.1. The molecule has 3 heterocycles. The Hall–Kier alpha value is -1.98. The van der Waals surface area contributed by atoms with Gasteiger partial charge in [-0.05, 0) is 50.3 Å². The van der Waals surface area contributed by atoms with Gasteiger partial charge in [-0.2, -0.15) is 5.10 Å². The summed E-state index contributed by atoms with van der Waals surface area (Å²) in [5.41, 5.74) is 2.22. The van der Waals surface area contributed by atoms with Crippen LogP contribution in [0, 0.1) is 12.7 Å². The summed E-state index contributed by atoms with van der Waals surface area (Å²) in [5, 5.41) is 15.7. The summed E-state index contributed by atoms with van der Waals surface area (Å²) in [4.78, 5) is 2.51. The predicted octanol–water partition coefficient (Wildman–Crippen LogP) is 3.45. The normalized spacial score (nSPS) is 29.1. The highest BCUT2D eigenvalue weighted by molar-refractivity contribution is 5.27. The van der Waals surface area contributed by atoms with Crippen molar-refractivity contribution in [1.29, 1.82) is 0 Å². The Balaban J connectivity index is 1.54. The molecular weight excluding hydrogens is 317 g/mol. The number of benzene rings is 1. The highest BCUT2D eigenvalue weighted by Gasteiger charge is 2.48. The maximum absolute atomic E-state index is 13.2. The minimum atomic E-state index is -0.851. The van der Waals surface area contributed by atoms with Gasteiger partial charge in [-0.15, -0.1) is 0 Å². The maximum Gasteiger partial charge on any atom is 0.123 e. The van der Waals surface area contributed by atoms with E-state index in [2.05, 4.69) is 16.6 Å².